The molecule has 0 spiro atoms. The molecule has 0 saturated heterocycles. The summed E-state index contributed by atoms with van der Waals surface area (Å²) in [7, 11) is 2.24. The van der Waals surface area contributed by atoms with Gasteiger partial charge in [0.25, 0.3) is 0 Å². The molecule has 0 aromatic carbocycles. The van der Waals surface area contributed by atoms with E-state index in [1.165, 1.54) is 30.6 Å². The van der Waals surface area contributed by atoms with Gasteiger partial charge in [-0.2, -0.15) is 0 Å². The van der Waals surface area contributed by atoms with E-state index in [1.54, 1.807) is 11.3 Å². The SMILES string of the molecule is CCNC(=NCc1sc(C)nc1C)NCCN(C)C1CCCC1.I. The Kier molecular flexibility index (Phi) is 10.1. The van der Waals surface area contributed by atoms with Gasteiger partial charge in [0.05, 0.1) is 17.2 Å². The van der Waals surface area contributed by atoms with Crippen LogP contribution in [0.5, 0.6) is 0 Å². The van der Waals surface area contributed by atoms with Crippen molar-refractivity contribution >= 4 is 41.3 Å². The average molecular weight is 465 g/mol. The summed E-state index contributed by atoms with van der Waals surface area (Å²) in [5, 5.41) is 7.89. The molecule has 0 atom stereocenters. The van der Waals surface area contributed by atoms with Gasteiger partial charge in [-0.15, -0.1) is 35.3 Å². The number of hydrogen-bond donors (Lipinski definition) is 2. The van der Waals surface area contributed by atoms with Crippen LogP contribution in [-0.2, 0) is 6.54 Å². The molecule has 1 fully saturated rings. The van der Waals surface area contributed by atoms with Crippen molar-refractivity contribution in [2.75, 3.05) is 26.7 Å². The van der Waals surface area contributed by atoms with E-state index in [1.807, 2.05) is 6.92 Å². The zero-order valence-electron chi connectivity index (χ0n) is 15.4. The number of guanidine groups is 1. The van der Waals surface area contributed by atoms with Crippen molar-refractivity contribution in [2.24, 2.45) is 4.99 Å². The molecule has 2 N–H and O–H groups in total. The summed E-state index contributed by atoms with van der Waals surface area (Å²) in [5.41, 5.74) is 1.10. The molecule has 0 radical (unpaired) electrons. The Hall–Kier alpha value is -0.410. The molecule has 7 heteroatoms. The first-order valence-electron chi connectivity index (χ1n) is 8.75. The summed E-state index contributed by atoms with van der Waals surface area (Å²) >= 11 is 1.74. The smallest absolute Gasteiger partial charge is 0.191 e. The van der Waals surface area contributed by atoms with Crippen molar-refractivity contribution in [1.29, 1.82) is 0 Å². The summed E-state index contributed by atoms with van der Waals surface area (Å²) in [6.45, 7) is 9.78. The number of nitrogens with one attached hydrogen (secondary N) is 2. The van der Waals surface area contributed by atoms with E-state index in [2.05, 4.69) is 41.4 Å². The second-order valence-electron chi connectivity index (χ2n) is 6.28. The fourth-order valence-corrected chi connectivity index (χ4v) is 3.95. The number of halogens is 1. The molecule has 5 nitrogen and oxygen atoms in total. The van der Waals surface area contributed by atoms with Gasteiger partial charge in [0.1, 0.15) is 0 Å². The van der Waals surface area contributed by atoms with E-state index < -0.39 is 0 Å². The van der Waals surface area contributed by atoms with E-state index in [9.17, 15) is 0 Å². The first-order chi connectivity index (χ1) is 11.1. The van der Waals surface area contributed by atoms with Crippen LogP contribution in [-0.4, -0.2) is 48.6 Å². The Labute approximate surface area is 167 Å². The van der Waals surface area contributed by atoms with Gasteiger partial charge in [0.2, 0.25) is 0 Å². The highest BCUT2D eigenvalue weighted by atomic mass is 127. The molecule has 1 aliphatic carbocycles. The van der Waals surface area contributed by atoms with Crippen molar-refractivity contribution < 1.29 is 0 Å². The third-order valence-corrected chi connectivity index (χ3v) is 5.49. The maximum Gasteiger partial charge on any atom is 0.191 e. The highest BCUT2D eigenvalue weighted by molar-refractivity contribution is 14.0. The lowest BCUT2D eigenvalue weighted by Crippen LogP contribution is -2.42. The fraction of sp³-hybridized carbons (Fsp3) is 0.765. The monoisotopic (exact) mass is 465 g/mol. The van der Waals surface area contributed by atoms with Gasteiger partial charge in [0, 0.05) is 30.6 Å². The van der Waals surface area contributed by atoms with Gasteiger partial charge in [-0.1, -0.05) is 12.8 Å². The first-order valence-corrected chi connectivity index (χ1v) is 9.57. The minimum absolute atomic E-state index is 0. The number of likely N-dealkylation sites (N-methyl/N-ethyl adjacent to an activating group) is 1. The molecule has 1 aromatic heterocycles. The molecule has 1 heterocycles. The predicted octanol–water partition coefficient (Wildman–Crippen LogP) is 3.31. The van der Waals surface area contributed by atoms with Crippen LogP contribution in [0.3, 0.4) is 0 Å². The molecule has 0 amide bonds. The Balaban J connectivity index is 0.00000288. The maximum atomic E-state index is 4.70. The van der Waals surface area contributed by atoms with Crippen molar-refractivity contribution in [1.82, 2.24) is 20.5 Å². The van der Waals surface area contributed by atoms with Crippen molar-refractivity contribution in [3.63, 3.8) is 0 Å². The highest BCUT2D eigenvalue weighted by Crippen LogP contribution is 2.21. The van der Waals surface area contributed by atoms with Crippen LogP contribution in [0.2, 0.25) is 0 Å². The first kappa shape index (κ1) is 21.6. The van der Waals surface area contributed by atoms with Crippen LogP contribution in [0.4, 0.5) is 0 Å². The number of thiazole rings is 1. The van der Waals surface area contributed by atoms with E-state index in [0.29, 0.717) is 6.54 Å². The minimum atomic E-state index is 0. The summed E-state index contributed by atoms with van der Waals surface area (Å²) in [4.78, 5) is 12.9. The molecule has 1 saturated carbocycles. The topological polar surface area (TPSA) is 52.6 Å². The third kappa shape index (κ3) is 6.84. The fourth-order valence-electron chi connectivity index (χ4n) is 3.09. The van der Waals surface area contributed by atoms with Gasteiger partial charge in [-0.25, -0.2) is 9.98 Å². The summed E-state index contributed by atoms with van der Waals surface area (Å²) in [5.74, 6) is 0.901. The molecule has 2 rings (SSSR count). The standard InChI is InChI=1S/C17H31N5S.HI/c1-5-18-17(20-12-16-13(2)21-14(3)23-16)19-10-11-22(4)15-8-6-7-9-15;/h15H,5-12H2,1-4H3,(H2,18,19,20);1H. The summed E-state index contributed by atoms with van der Waals surface area (Å²) < 4.78 is 0. The van der Waals surface area contributed by atoms with Gasteiger partial charge in [-0.3, -0.25) is 0 Å². The van der Waals surface area contributed by atoms with E-state index in [-0.39, 0.29) is 24.0 Å². The number of aliphatic imine (C=N–C) groups is 1. The minimum Gasteiger partial charge on any atom is -0.357 e. The van der Waals surface area contributed by atoms with E-state index >= 15 is 0 Å². The second kappa shape index (κ2) is 11.3. The molecule has 0 unspecified atom stereocenters. The lowest BCUT2D eigenvalue weighted by Gasteiger charge is -2.24. The van der Waals surface area contributed by atoms with Crippen molar-refractivity contribution in [3.8, 4) is 0 Å². The number of nitrogens with zero attached hydrogens (tertiary/aromatic N) is 3. The van der Waals surface area contributed by atoms with Crippen LogP contribution in [0.1, 0.15) is 48.2 Å². The van der Waals surface area contributed by atoms with Crippen LogP contribution < -0.4 is 10.6 Å². The van der Waals surface area contributed by atoms with E-state index in [4.69, 9.17) is 4.99 Å². The van der Waals surface area contributed by atoms with Gasteiger partial charge < -0.3 is 15.5 Å². The molecule has 138 valence electrons. The van der Waals surface area contributed by atoms with Crippen LogP contribution in [0, 0.1) is 13.8 Å². The van der Waals surface area contributed by atoms with Gasteiger partial charge in [0.15, 0.2) is 5.96 Å². The molecule has 1 aliphatic rings. The molecule has 1 aromatic rings. The zero-order chi connectivity index (χ0) is 16.7. The second-order valence-corrected chi connectivity index (χ2v) is 7.57. The van der Waals surface area contributed by atoms with E-state index in [0.717, 1.165) is 42.3 Å². The van der Waals surface area contributed by atoms with Crippen LogP contribution in [0.25, 0.3) is 0 Å². The lowest BCUT2D eigenvalue weighted by atomic mass is 10.2. The average Bonchev–Trinajstić information content (AvgIpc) is 3.14. The van der Waals surface area contributed by atoms with Crippen LogP contribution >= 0.6 is 35.3 Å². The number of hydrogen-bond acceptors (Lipinski definition) is 4. The van der Waals surface area contributed by atoms with Crippen LogP contribution in [0.15, 0.2) is 4.99 Å². The van der Waals surface area contributed by atoms with Gasteiger partial charge >= 0.3 is 0 Å². The highest BCUT2D eigenvalue weighted by Gasteiger charge is 2.18. The normalized spacial score (nSPS) is 15.6. The lowest BCUT2D eigenvalue weighted by molar-refractivity contribution is 0.249. The quantitative estimate of drug-likeness (QED) is 0.369. The molecule has 0 aliphatic heterocycles. The summed E-state index contributed by atoms with van der Waals surface area (Å²) in [6.07, 6.45) is 5.49. The number of aryl methyl sites for hydroxylation is 2. The third-order valence-electron chi connectivity index (χ3n) is 4.43. The van der Waals surface area contributed by atoms with Crippen molar-refractivity contribution in [2.45, 2.75) is 59.0 Å². The number of aromatic nitrogens is 1. The molecular weight excluding hydrogens is 433 g/mol. The Morgan fingerprint density at radius 1 is 1.29 bits per heavy atom. The summed E-state index contributed by atoms with van der Waals surface area (Å²) in [6, 6.07) is 0.777. The van der Waals surface area contributed by atoms with Gasteiger partial charge in [-0.05, 0) is 40.7 Å². The van der Waals surface area contributed by atoms with Crippen molar-refractivity contribution in [3.05, 3.63) is 15.6 Å². The number of rotatable bonds is 7. The molecular formula is C17H32IN5S. The Morgan fingerprint density at radius 2 is 2.00 bits per heavy atom. The predicted molar refractivity (Wildman–Crippen MR) is 115 cm³/mol. The Bertz CT molecular complexity index is 511. The largest absolute Gasteiger partial charge is 0.357 e. The Morgan fingerprint density at radius 3 is 2.58 bits per heavy atom. The zero-order valence-corrected chi connectivity index (χ0v) is 18.5. The molecule has 0 bridgehead atoms. The molecule has 24 heavy (non-hydrogen) atoms. The maximum absolute atomic E-state index is 4.70.